The Morgan fingerprint density at radius 3 is 2.35 bits per heavy atom. The van der Waals surface area contributed by atoms with Crippen LogP contribution in [0.2, 0.25) is 5.02 Å². The van der Waals surface area contributed by atoms with Crippen LogP contribution in [0.4, 0.5) is 0 Å². The Kier molecular flexibility index (Phi) is 6.78. The molecule has 8 nitrogen and oxygen atoms in total. The first-order valence-electron chi connectivity index (χ1n) is 8.79. The Balaban J connectivity index is 1.72. The lowest BCUT2D eigenvalue weighted by Crippen LogP contribution is -2.17. The lowest BCUT2D eigenvalue weighted by Gasteiger charge is -2.11. The van der Waals surface area contributed by atoms with Gasteiger partial charge in [-0.2, -0.15) is 13.5 Å². The van der Waals surface area contributed by atoms with Gasteiger partial charge in [-0.3, -0.25) is 4.79 Å². The van der Waals surface area contributed by atoms with Crippen molar-refractivity contribution in [2.75, 3.05) is 7.11 Å². The SMILES string of the molecule is COc1cc(C=NNC(=O)c2ccc(O)cc2)ccc1OS(=O)(=O)c1ccc(Cl)cc1. The summed E-state index contributed by atoms with van der Waals surface area (Å²) in [5, 5.41) is 13.5. The Morgan fingerprint density at radius 1 is 1.03 bits per heavy atom. The van der Waals surface area contributed by atoms with Crippen molar-refractivity contribution in [1.82, 2.24) is 5.43 Å². The summed E-state index contributed by atoms with van der Waals surface area (Å²) in [5.41, 5.74) is 3.20. The average Bonchev–Trinajstić information content (AvgIpc) is 2.75. The van der Waals surface area contributed by atoms with Gasteiger partial charge in [0.05, 0.1) is 13.3 Å². The van der Waals surface area contributed by atoms with E-state index in [0.717, 1.165) is 0 Å². The first kappa shape index (κ1) is 22.1. The van der Waals surface area contributed by atoms with Crippen LogP contribution >= 0.6 is 11.6 Å². The molecule has 0 aliphatic rings. The number of amides is 1. The summed E-state index contributed by atoms with van der Waals surface area (Å²) < 4.78 is 35.3. The standard InChI is InChI=1S/C21H17ClN2O6S/c1-29-20-12-14(13-23-24-21(26)15-3-7-17(25)8-4-15)2-11-19(20)30-31(27,28)18-9-5-16(22)6-10-18/h2-13,25H,1H3,(H,24,26). The van der Waals surface area contributed by atoms with Crippen molar-refractivity contribution >= 4 is 33.8 Å². The minimum Gasteiger partial charge on any atom is -0.508 e. The highest BCUT2D eigenvalue weighted by Crippen LogP contribution is 2.30. The number of hydrazone groups is 1. The van der Waals surface area contributed by atoms with Gasteiger partial charge in [0.2, 0.25) is 0 Å². The highest BCUT2D eigenvalue weighted by molar-refractivity contribution is 7.87. The maximum atomic E-state index is 12.5. The van der Waals surface area contributed by atoms with Gasteiger partial charge in [0.25, 0.3) is 5.91 Å². The fourth-order valence-electron chi connectivity index (χ4n) is 2.44. The molecule has 0 saturated carbocycles. The number of rotatable bonds is 7. The van der Waals surface area contributed by atoms with E-state index in [1.165, 1.54) is 74.0 Å². The molecule has 0 aromatic heterocycles. The van der Waals surface area contributed by atoms with E-state index in [0.29, 0.717) is 16.1 Å². The number of methoxy groups -OCH3 is 1. The Bertz CT molecular complexity index is 1210. The van der Waals surface area contributed by atoms with Crippen LogP contribution in [0.25, 0.3) is 0 Å². The summed E-state index contributed by atoms with van der Waals surface area (Å²) in [6.07, 6.45) is 1.36. The highest BCUT2D eigenvalue weighted by atomic mass is 35.5. The smallest absolute Gasteiger partial charge is 0.339 e. The van der Waals surface area contributed by atoms with E-state index in [9.17, 15) is 18.3 Å². The number of phenols is 1. The van der Waals surface area contributed by atoms with Crippen molar-refractivity contribution in [3.8, 4) is 17.2 Å². The maximum absolute atomic E-state index is 12.5. The summed E-state index contributed by atoms with van der Waals surface area (Å²) in [6.45, 7) is 0. The van der Waals surface area contributed by atoms with Crippen LogP contribution in [0.5, 0.6) is 17.2 Å². The van der Waals surface area contributed by atoms with Crippen molar-refractivity contribution in [1.29, 1.82) is 0 Å². The Morgan fingerprint density at radius 2 is 1.71 bits per heavy atom. The summed E-state index contributed by atoms with van der Waals surface area (Å²) in [7, 11) is -2.72. The number of phenolic OH excluding ortho intramolecular Hbond substituents is 1. The number of hydrogen-bond acceptors (Lipinski definition) is 7. The molecular weight excluding hydrogens is 444 g/mol. The van der Waals surface area contributed by atoms with Crippen LogP contribution in [0.3, 0.4) is 0 Å². The third-order valence-corrected chi connectivity index (χ3v) is 5.50. The number of nitrogens with zero attached hydrogens (tertiary/aromatic N) is 1. The molecular formula is C21H17ClN2O6S. The molecule has 0 heterocycles. The number of nitrogens with one attached hydrogen (secondary N) is 1. The van der Waals surface area contributed by atoms with E-state index in [1.54, 1.807) is 6.07 Å². The predicted molar refractivity (Wildman–Crippen MR) is 115 cm³/mol. The fraction of sp³-hybridized carbons (Fsp3) is 0.0476. The van der Waals surface area contributed by atoms with E-state index in [4.69, 9.17) is 20.5 Å². The average molecular weight is 461 g/mol. The van der Waals surface area contributed by atoms with E-state index in [1.807, 2.05) is 0 Å². The second-order valence-corrected chi connectivity index (χ2v) is 8.13. The molecule has 0 atom stereocenters. The molecule has 0 unspecified atom stereocenters. The lowest BCUT2D eigenvalue weighted by molar-refractivity contribution is 0.0955. The second kappa shape index (κ2) is 9.50. The molecule has 0 saturated heterocycles. The fourth-order valence-corrected chi connectivity index (χ4v) is 3.51. The van der Waals surface area contributed by atoms with Crippen LogP contribution in [-0.4, -0.2) is 32.8 Å². The molecule has 0 aliphatic carbocycles. The van der Waals surface area contributed by atoms with Crippen LogP contribution in [0, 0.1) is 0 Å². The third-order valence-electron chi connectivity index (χ3n) is 4.00. The van der Waals surface area contributed by atoms with Crippen molar-refractivity contribution in [2.24, 2.45) is 5.10 Å². The van der Waals surface area contributed by atoms with Gasteiger partial charge in [-0.05, 0) is 72.3 Å². The molecule has 0 aliphatic heterocycles. The molecule has 0 radical (unpaired) electrons. The number of aromatic hydroxyl groups is 1. The van der Waals surface area contributed by atoms with Crippen LogP contribution < -0.4 is 14.3 Å². The van der Waals surface area contributed by atoms with Gasteiger partial charge < -0.3 is 14.0 Å². The van der Waals surface area contributed by atoms with Gasteiger partial charge >= 0.3 is 10.1 Å². The van der Waals surface area contributed by atoms with E-state index in [-0.39, 0.29) is 22.1 Å². The summed E-state index contributed by atoms with van der Waals surface area (Å²) in [5.74, 6) is -0.265. The molecule has 0 fully saturated rings. The number of ether oxygens (including phenoxy) is 1. The minimum atomic E-state index is -4.08. The first-order chi connectivity index (χ1) is 14.8. The molecule has 31 heavy (non-hydrogen) atoms. The normalized spacial score (nSPS) is 11.3. The Hall–Kier alpha value is -3.56. The number of hydrogen-bond donors (Lipinski definition) is 2. The van der Waals surface area contributed by atoms with Crippen molar-refractivity contribution < 1.29 is 27.2 Å². The van der Waals surface area contributed by atoms with Crippen LogP contribution in [0.1, 0.15) is 15.9 Å². The first-order valence-corrected chi connectivity index (χ1v) is 10.6. The van der Waals surface area contributed by atoms with Crippen LogP contribution in [-0.2, 0) is 10.1 Å². The van der Waals surface area contributed by atoms with E-state index >= 15 is 0 Å². The summed E-state index contributed by atoms with van der Waals surface area (Å²) in [4.78, 5) is 12.0. The van der Waals surface area contributed by atoms with Crippen molar-refractivity contribution in [3.05, 3.63) is 82.9 Å². The molecule has 0 spiro atoms. The Labute approximate surface area is 183 Å². The molecule has 3 aromatic rings. The van der Waals surface area contributed by atoms with Gasteiger partial charge in [-0.25, -0.2) is 5.43 Å². The topological polar surface area (TPSA) is 114 Å². The molecule has 3 rings (SSSR count). The maximum Gasteiger partial charge on any atom is 0.339 e. The largest absolute Gasteiger partial charge is 0.508 e. The van der Waals surface area contributed by atoms with Gasteiger partial charge in [0.1, 0.15) is 10.6 Å². The number of carbonyl (C=O) groups is 1. The summed E-state index contributed by atoms with van der Waals surface area (Å²) >= 11 is 5.79. The highest BCUT2D eigenvalue weighted by Gasteiger charge is 2.19. The molecule has 3 aromatic carbocycles. The van der Waals surface area contributed by atoms with Gasteiger partial charge in [0.15, 0.2) is 11.5 Å². The molecule has 0 bridgehead atoms. The number of halogens is 1. The van der Waals surface area contributed by atoms with Crippen molar-refractivity contribution in [3.63, 3.8) is 0 Å². The minimum absolute atomic E-state index is 0.0114. The molecule has 1 amide bonds. The monoisotopic (exact) mass is 460 g/mol. The lowest BCUT2D eigenvalue weighted by atomic mass is 10.2. The number of carbonyl (C=O) groups excluding carboxylic acids is 1. The molecule has 160 valence electrons. The molecule has 2 N–H and O–H groups in total. The third kappa shape index (κ3) is 5.74. The van der Waals surface area contributed by atoms with E-state index in [2.05, 4.69) is 10.5 Å². The van der Waals surface area contributed by atoms with Crippen LogP contribution in [0.15, 0.2) is 76.7 Å². The summed E-state index contributed by atoms with van der Waals surface area (Å²) in [6, 6.07) is 15.7. The zero-order chi connectivity index (χ0) is 22.4. The van der Waals surface area contributed by atoms with E-state index < -0.39 is 16.0 Å². The van der Waals surface area contributed by atoms with Gasteiger partial charge in [-0.1, -0.05) is 11.6 Å². The van der Waals surface area contributed by atoms with Gasteiger partial charge in [0, 0.05) is 10.6 Å². The van der Waals surface area contributed by atoms with Crippen molar-refractivity contribution in [2.45, 2.75) is 4.90 Å². The second-order valence-electron chi connectivity index (χ2n) is 6.15. The van der Waals surface area contributed by atoms with Gasteiger partial charge in [-0.15, -0.1) is 0 Å². The zero-order valence-corrected chi connectivity index (χ0v) is 17.7. The quantitative estimate of drug-likeness (QED) is 0.316. The molecule has 10 heteroatoms. The zero-order valence-electron chi connectivity index (χ0n) is 16.2. The number of benzene rings is 3. The predicted octanol–water partition coefficient (Wildman–Crippen LogP) is 3.59.